The van der Waals surface area contributed by atoms with Crippen molar-refractivity contribution in [3.63, 3.8) is 0 Å². The van der Waals surface area contributed by atoms with Crippen LogP contribution in [0.15, 0.2) is 42.5 Å². The van der Waals surface area contributed by atoms with E-state index < -0.39 is 34.3 Å². The number of amides is 2. The Morgan fingerprint density at radius 1 is 1.09 bits per heavy atom. The predicted octanol–water partition coefficient (Wildman–Crippen LogP) is 4.48. The molecule has 2 aromatic carbocycles. The lowest BCUT2D eigenvalue weighted by Gasteiger charge is -2.33. The van der Waals surface area contributed by atoms with Crippen LogP contribution in [0.25, 0.3) is 0 Å². The molecule has 2 amide bonds. The molecule has 0 spiro atoms. The molecule has 0 saturated carbocycles. The first-order chi connectivity index (χ1) is 16.3. The van der Waals surface area contributed by atoms with Gasteiger partial charge in [-0.2, -0.15) is 0 Å². The molecular formula is C24H30Cl2FN3O4S. The molecule has 0 unspecified atom stereocenters. The summed E-state index contributed by atoms with van der Waals surface area (Å²) >= 11 is 12.3. The molecule has 192 valence electrons. The molecule has 2 aromatic rings. The van der Waals surface area contributed by atoms with Crippen LogP contribution in [-0.2, 0) is 26.2 Å². The summed E-state index contributed by atoms with van der Waals surface area (Å²) in [5.41, 5.74) is 0.635. The van der Waals surface area contributed by atoms with Crippen LogP contribution < -0.4 is 9.62 Å². The number of rotatable bonds is 11. The second-order valence-electron chi connectivity index (χ2n) is 8.55. The van der Waals surface area contributed by atoms with Gasteiger partial charge >= 0.3 is 0 Å². The summed E-state index contributed by atoms with van der Waals surface area (Å²) in [6, 6.07) is 9.13. The Balaban J connectivity index is 2.45. The zero-order valence-electron chi connectivity index (χ0n) is 20.1. The van der Waals surface area contributed by atoms with E-state index in [2.05, 4.69) is 5.32 Å². The quantitative estimate of drug-likeness (QED) is 0.451. The summed E-state index contributed by atoms with van der Waals surface area (Å²) in [5.74, 6) is -1.22. The number of nitrogens with zero attached hydrogens (tertiary/aromatic N) is 2. The average molecular weight is 546 g/mol. The van der Waals surface area contributed by atoms with E-state index in [1.165, 1.54) is 47.4 Å². The molecule has 11 heteroatoms. The van der Waals surface area contributed by atoms with Crippen LogP contribution >= 0.6 is 23.2 Å². The second-order valence-corrected chi connectivity index (χ2v) is 11.2. The minimum Gasteiger partial charge on any atom is -0.354 e. The van der Waals surface area contributed by atoms with Gasteiger partial charge in [0.2, 0.25) is 21.8 Å². The number of carbonyl (C=O) groups excluding carboxylic acids is 2. The van der Waals surface area contributed by atoms with Crippen molar-refractivity contribution in [1.29, 1.82) is 0 Å². The minimum atomic E-state index is -3.95. The lowest BCUT2D eigenvalue weighted by molar-refractivity contribution is -0.140. The zero-order valence-corrected chi connectivity index (χ0v) is 22.4. The van der Waals surface area contributed by atoms with Gasteiger partial charge in [0, 0.05) is 13.1 Å². The van der Waals surface area contributed by atoms with Crippen LogP contribution in [0.5, 0.6) is 0 Å². The molecule has 2 rings (SSSR count). The molecule has 0 aromatic heterocycles. The molecule has 0 aliphatic carbocycles. The SMILES string of the molecule is CC[C@@H](C(=O)NCC(C)C)N(Cc1ccc(F)cc1)C(=O)CN(c1cccc(Cl)c1Cl)S(C)(=O)=O. The Morgan fingerprint density at radius 3 is 2.26 bits per heavy atom. The molecule has 0 bridgehead atoms. The number of hydrogen-bond acceptors (Lipinski definition) is 4. The number of benzene rings is 2. The van der Waals surface area contributed by atoms with Gasteiger partial charge in [-0.25, -0.2) is 12.8 Å². The van der Waals surface area contributed by atoms with Gasteiger partial charge in [-0.1, -0.05) is 62.2 Å². The molecule has 7 nitrogen and oxygen atoms in total. The summed E-state index contributed by atoms with van der Waals surface area (Å²) in [7, 11) is -3.95. The Kier molecular flexibility index (Phi) is 10.4. The smallest absolute Gasteiger partial charge is 0.244 e. The van der Waals surface area contributed by atoms with Crippen LogP contribution in [-0.4, -0.2) is 50.5 Å². The van der Waals surface area contributed by atoms with E-state index in [9.17, 15) is 22.4 Å². The first-order valence-electron chi connectivity index (χ1n) is 11.1. The fraction of sp³-hybridized carbons (Fsp3) is 0.417. The van der Waals surface area contributed by atoms with Gasteiger partial charge in [0.1, 0.15) is 18.4 Å². The maximum atomic E-state index is 13.6. The third kappa shape index (κ3) is 8.08. The largest absolute Gasteiger partial charge is 0.354 e. The van der Waals surface area contributed by atoms with Crippen molar-refractivity contribution in [1.82, 2.24) is 10.2 Å². The fourth-order valence-corrected chi connectivity index (χ4v) is 4.71. The van der Waals surface area contributed by atoms with Gasteiger partial charge in [0.15, 0.2) is 0 Å². The average Bonchev–Trinajstić information content (AvgIpc) is 2.78. The lowest BCUT2D eigenvalue weighted by Crippen LogP contribution is -2.52. The van der Waals surface area contributed by atoms with Crippen molar-refractivity contribution in [3.05, 3.63) is 63.9 Å². The highest BCUT2D eigenvalue weighted by Gasteiger charge is 2.32. The monoisotopic (exact) mass is 545 g/mol. The van der Waals surface area contributed by atoms with Crippen molar-refractivity contribution >= 4 is 50.7 Å². The maximum Gasteiger partial charge on any atom is 0.244 e. The van der Waals surface area contributed by atoms with Crippen LogP contribution in [0.1, 0.15) is 32.8 Å². The van der Waals surface area contributed by atoms with Gasteiger partial charge in [0.25, 0.3) is 0 Å². The Bertz CT molecular complexity index is 1140. The zero-order chi connectivity index (χ0) is 26.3. The standard InChI is InChI=1S/C24H30Cl2FN3O4S/c1-5-20(24(32)28-13-16(2)3)29(14-17-9-11-18(27)12-10-17)22(31)15-30(35(4,33)34)21-8-6-7-19(25)23(21)26/h6-12,16,20H,5,13-15H2,1-4H3,(H,28,32)/t20-/m0/s1. The van der Waals surface area contributed by atoms with Crippen LogP contribution in [0, 0.1) is 11.7 Å². The van der Waals surface area contributed by atoms with E-state index in [1.807, 2.05) is 13.8 Å². The molecule has 1 N–H and O–H groups in total. The summed E-state index contributed by atoms with van der Waals surface area (Å²) < 4.78 is 39.6. The van der Waals surface area contributed by atoms with Gasteiger partial charge in [0.05, 0.1) is 22.0 Å². The summed E-state index contributed by atoms with van der Waals surface area (Å²) in [4.78, 5) is 27.9. The number of nitrogens with one attached hydrogen (secondary N) is 1. The van der Waals surface area contributed by atoms with Crippen molar-refractivity contribution in [2.75, 3.05) is 23.7 Å². The van der Waals surface area contributed by atoms with Crippen LogP contribution in [0.2, 0.25) is 10.0 Å². The Hall–Kier alpha value is -2.36. The van der Waals surface area contributed by atoms with E-state index in [-0.39, 0.29) is 40.5 Å². The molecule has 0 aliphatic rings. The second kappa shape index (κ2) is 12.6. The molecule has 1 atom stereocenters. The summed E-state index contributed by atoms with van der Waals surface area (Å²) in [6.45, 7) is 5.44. The van der Waals surface area contributed by atoms with Gasteiger partial charge in [-0.05, 0) is 42.2 Å². The van der Waals surface area contributed by atoms with Crippen molar-refractivity contribution in [2.45, 2.75) is 39.8 Å². The van der Waals surface area contributed by atoms with Crippen molar-refractivity contribution in [3.8, 4) is 0 Å². The molecule has 0 fully saturated rings. The minimum absolute atomic E-state index is 0.0146. The summed E-state index contributed by atoms with van der Waals surface area (Å²) in [5, 5.41) is 2.95. The molecular weight excluding hydrogens is 516 g/mol. The topological polar surface area (TPSA) is 86.8 Å². The third-order valence-corrected chi connectivity index (χ3v) is 7.15. The van der Waals surface area contributed by atoms with E-state index in [0.29, 0.717) is 12.1 Å². The van der Waals surface area contributed by atoms with Crippen molar-refractivity contribution in [2.24, 2.45) is 5.92 Å². The van der Waals surface area contributed by atoms with Gasteiger partial charge < -0.3 is 10.2 Å². The van der Waals surface area contributed by atoms with E-state index in [1.54, 1.807) is 6.92 Å². The number of carbonyl (C=O) groups is 2. The van der Waals surface area contributed by atoms with Gasteiger partial charge in [-0.3, -0.25) is 13.9 Å². The molecule has 0 aliphatic heterocycles. The number of anilines is 1. The van der Waals surface area contributed by atoms with E-state index in [4.69, 9.17) is 23.2 Å². The number of halogens is 3. The third-order valence-electron chi connectivity index (χ3n) is 5.22. The van der Waals surface area contributed by atoms with Crippen LogP contribution in [0.4, 0.5) is 10.1 Å². The highest BCUT2D eigenvalue weighted by atomic mass is 35.5. The maximum absolute atomic E-state index is 13.6. The highest BCUT2D eigenvalue weighted by Crippen LogP contribution is 2.33. The highest BCUT2D eigenvalue weighted by molar-refractivity contribution is 7.92. The molecule has 0 saturated heterocycles. The Morgan fingerprint density at radius 2 is 1.71 bits per heavy atom. The normalized spacial score (nSPS) is 12.3. The fourth-order valence-electron chi connectivity index (χ4n) is 3.41. The number of hydrogen-bond donors (Lipinski definition) is 1. The predicted molar refractivity (Wildman–Crippen MR) is 138 cm³/mol. The van der Waals surface area contributed by atoms with E-state index >= 15 is 0 Å². The Labute approximate surface area is 216 Å². The van der Waals surface area contributed by atoms with Crippen molar-refractivity contribution < 1.29 is 22.4 Å². The summed E-state index contributed by atoms with van der Waals surface area (Å²) in [6.07, 6.45) is 1.24. The lowest BCUT2D eigenvalue weighted by atomic mass is 10.1. The van der Waals surface area contributed by atoms with Gasteiger partial charge in [-0.15, -0.1) is 0 Å². The molecule has 35 heavy (non-hydrogen) atoms. The first-order valence-corrected chi connectivity index (χ1v) is 13.7. The number of sulfonamides is 1. The van der Waals surface area contributed by atoms with Crippen LogP contribution in [0.3, 0.4) is 0 Å². The molecule has 0 heterocycles. The first kappa shape index (κ1) is 28.9. The van der Waals surface area contributed by atoms with E-state index in [0.717, 1.165) is 10.6 Å². The molecule has 0 radical (unpaired) electrons.